The van der Waals surface area contributed by atoms with Crippen LogP contribution in [0.5, 0.6) is 11.5 Å². The fourth-order valence-electron chi connectivity index (χ4n) is 4.38. The van der Waals surface area contributed by atoms with Crippen molar-refractivity contribution in [2.45, 2.75) is 25.3 Å². The average Bonchev–Trinajstić information content (AvgIpc) is 3.39. The summed E-state index contributed by atoms with van der Waals surface area (Å²) in [5.41, 5.74) is 0.630. The fraction of sp³-hybridized carbons (Fsp3) is 0.400. The van der Waals surface area contributed by atoms with Crippen molar-refractivity contribution in [3.63, 3.8) is 0 Å². The largest absolute Gasteiger partial charge is 0.495 e. The van der Waals surface area contributed by atoms with E-state index in [-0.39, 0.29) is 40.4 Å². The molecule has 0 spiro atoms. The van der Waals surface area contributed by atoms with E-state index in [0.29, 0.717) is 47.1 Å². The first-order valence-electron chi connectivity index (χ1n) is 11.7. The van der Waals surface area contributed by atoms with E-state index in [1.807, 2.05) is 4.90 Å². The second-order valence-electron chi connectivity index (χ2n) is 8.45. The maximum absolute atomic E-state index is 13.9. The van der Waals surface area contributed by atoms with Gasteiger partial charge in [-0.05, 0) is 18.6 Å². The topological polar surface area (TPSA) is 111 Å². The van der Waals surface area contributed by atoms with Crippen molar-refractivity contribution in [1.82, 2.24) is 19.4 Å². The Morgan fingerprint density at radius 1 is 1.27 bits per heavy atom. The molecule has 12 heteroatoms. The number of hydrogen-bond donors (Lipinski definition) is 2. The zero-order chi connectivity index (χ0) is 26.7. The van der Waals surface area contributed by atoms with Crippen LogP contribution < -0.4 is 20.3 Å². The molecule has 1 fully saturated rings. The number of aliphatic hydroxyl groups excluding tert-OH is 1. The zero-order valence-corrected chi connectivity index (χ0v) is 22.3. The van der Waals surface area contributed by atoms with Crippen molar-refractivity contribution in [3.05, 3.63) is 51.4 Å². The number of likely N-dealkylation sites (tertiary alicyclic amines) is 1. The molecule has 1 aliphatic rings. The predicted octanol–water partition coefficient (Wildman–Crippen LogP) is 3.42. The van der Waals surface area contributed by atoms with Crippen LogP contribution in [0.2, 0.25) is 10.0 Å². The number of aliphatic hydroxyl groups is 1. The van der Waals surface area contributed by atoms with Crippen LogP contribution in [0.15, 0.2) is 35.8 Å². The lowest BCUT2D eigenvalue weighted by Crippen LogP contribution is -2.33. The van der Waals surface area contributed by atoms with E-state index in [9.17, 15) is 9.90 Å². The first-order chi connectivity index (χ1) is 17.8. The smallest absolute Gasteiger partial charge is 0.260 e. The monoisotopic (exact) mass is 549 g/mol. The summed E-state index contributed by atoms with van der Waals surface area (Å²) < 4.78 is 18.4. The van der Waals surface area contributed by atoms with Crippen molar-refractivity contribution >= 4 is 40.2 Å². The van der Waals surface area contributed by atoms with Gasteiger partial charge in [-0.2, -0.15) is 4.98 Å². The number of ether oxygens (including phenoxy) is 3. The third-order valence-corrected chi connectivity index (χ3v) is 7.07. The molecule has 0 radical (unpaired) electrons. The van der Waals surface area contributed by atoms with Gasteiger partial charge in [0.2, 0.25) is 5.95 Å². The molecule has 1 unspecified atom stereocenters. The lowest BCUT2D eigenvalue weighted by atomic mass is 10.0. The van der Waals surface area contributed by atoms with E-state index in [1.54, 1.807) is 25.4 Å². The molecule has 0 aliphatic carbocycles. The number of benzene rings is 1. The van der Waals surface area contributed by atoms with E-state index in [1.165, 1.54) is 24.9 Å². The molecule has 10 nitrogen and oxygen atoms in total. The van der Waals surface area contributed by atoms with Crippen molar-refractivity contribution in [3.8, 4) is 22.6 Å². The quantitative estimate of drug-likeness (QED) is 0.367. The van der Waals surface area contributed by atoms with Gasteiger partial charge in [0.05, 0.1) is 49.1 Å². The summed E-state index contributed by atoms with van der Waals surface area (Å²) in [6.45, 7) is 5.38. The van der Waals surface area contributed by atoms with Crippen LogP contribution in [0.4, 0.5) is 5.95 Å². The molecule has 3 aromatic rings. The lowest BCUT2D eigenvalue weighted by molar-refractivity contribution is 0.0226. The van der Waals surface area contributed by atoms with Gasteiger partial charge < -0.3 is 24.6 Å². The summed E-state index contributed by atoms with van der Waals surface area (Å²) in [4.78, 5) is 24.6. The Kier molecular flexibility index (Phi) is 8.56. The van der Waals surface area contributed by atoms with E-state index >= 15 is 0 Å². The fourth-order valence-corrected chi connectivity index (χ4v) is 5.08. The summed E-state index contributed by atoms with van der Waals surface area (Å²) in [5, 5.41) is 13.9. The molecule has 37 heavy (non-hydrogen) atoms. The van der Waals surface area contributed by atoms with Gasteiger partial charge in [0.25, 0.3) is 5.56 Å². The molecule has 2 N–H and O–H groups in total. The van der Waals surface area contributed by atoms with Crippen LogP contribution >= 0.6 is 23.2 Å². The van der Waals surface area contributed by atoms with Crippen LogP contribution in [-0.2, 0) is 11.3 Å². The van der Waals surface area contributed by atoms with Crippen LogP contribution in [0.3, 0.4) is 0 Å². The van der Waals surface area contributed by atoms with E-state index < -0.39 is 6.23 Å². The number of methoxy groups -OCH3 is 2. The maximum Gasteiger partial charge on any atom is 0.260 e. The lowest BCUT2D eigenvalue weighted by Gasteiger charge is -2.20. The summed E-state index contributed by atoms with van der Waals surface area (Å²) in [5.74, 6) is 1.02. The van der Waals surface area contributed by atoms with Crippen molar-refractivity contribution < 1.29 is 19.3 Å². The minimum atomic E-state index is -0.706. The first-order valence-corrected chi connectivity index (χ1v) is 12.4. The molecule has 3 heterocycles. The standard InChI is InChI=1S/C25H29Cl2N5O5/c1-5-19(33)31-7-6-15(13-31)37-9-8-32-23-14(12-29-25(28-2)30-23)10-16(24(32)34)20-21(26)17(35-3)11-18(36-4)22(20)27/h5,10-12,15,19,33H,1,6-9,13H2,2-4H3,(H,28,29,30)/t15-,19?/m1/s1. The molecular weight excluding hydrogens is 521 g/mol. The van der Waals surface area contributed by atoms with Crippen LogP contribution in [0.1, 0.15) is 6.42 Å². The minimum Gasteiger partial charge on any atom is -0.495 e. The van der Waals surface area contributed by atoms with E-state index in [0.717, 1.165) is 6.42 Å². The molecule has 198 valence electrons. The predicted molar refractivity (Wildman–Crippen MR) is 144 cm³/mol. The Labute approximate surface area is 224 Å². The number of nitrogens with one attached hydrogen (secondary N) is 1. The highest BCUT2D eigenvalue weighted by molar-refractivity contribution is 6.41. The zero-order valence-electron chi connectivity index (χ0n) is 20.8. The molecular formula is C25H29Cl2N5O5. The van der Waals surface area contributed by atoms with Gasteiger partial charge in [0.1, 0.15) is 23.4 Å². The molecule has 1 aliphatic heterocycles. The van der Waals surface area contributed by atoms with Gasteiger partial charge in [-0.15, -0.1) is 0 Å². The number of fused-ring (bicyclic) bond motifs is 1. The highest BCUT2D eigenvalue weighted by atomic mass is 35.5. The van der Waals surface area contributed by atoms with E-state index in [4.69, 9.17) is 37.4 Å². The summed E-state index contributed by atoms with van der Waals surface area (Å²) in [6, 6.07) is 3.23. The number of anilines is 1. The Bertz CT molecular complexity index is 1340. The third-order valence-electron chi connectivity index (χ3n) is 6.32. The van der Waals surface area contributed by atoms with Gasteiger partial charge in [0, 0.05) is 43.4 Å². The minimum absolute atomic E-state index is 0.0752. The average molecular weight is 550 g/mol. The van der Waals surface area contributed by atoms with Gasteiger partial charge in [0.15, 0.2) is 0 Å². The SMILES string of the molecule is C=CC(O)N1CC[C@@H](OCCn2c(=O)c(-c3c(Cl)c(OC)cc(OC)c3Cl)cc3cnc(NC)nc32)C1. The number of halogens is 2. The second kappa shape index (κ2) is 11.7. The molecule has 0 bridgehead atoms. The molecule has 1 aromatic carbocycles. The van der Waals surface area contributed by atoms with Gasteiger partial charge in [-0.1, -0.05) is 29.8 Å². The Balaban J connectivity index is 1.75. The number of nitrogens with zero attached hydrogens (tertiary/aromatic N) is 4. The van der Waals surface area contributed by atoms with E-state index in [2.05, 4.69) is 21.9 Å². The van der Waals surface area contributed by atoms with Gasteiger partial charge in [-0.3, -0.25) is 14.3 Å². The Morgan fingerprint density at radius 3 is 2.59 bits per heavy atom. The molecule has 2 aromatic heterocycles. The number of pyridine rings is 1. The highest BCUT2D eigenvalue weighted by Crippen LogP contribution is 2.45. The number of rotatable bonds is 10. The summed E-state index contributed by atoms with van der Waals surface area (Å²) in [7, 11) is 4.64. The number of hydrogen-bond acceptors (Lipinski definition) is 9. The van der Waals surface area contributed by atoms with Crippen molar-refractivity contribution in [2.24, 2.45) is 0 Å². The maximum atomic E-state index is 13.9. The van der Waals surface area contributed by atoms with Crippen LogP contribution in [0, 0.1) is 0 Å². The first kappa shape index (κ1) is 27.2. The summed E-state index contributed by atoms with van der Waals surface area (Å²) >= 11 is 13.3. The van der Waals surface area contributed by atoms with Crippen molar-refractivity contribution in [2.75, 3.05) is 46.3 Å². The third kappa shape index (κ3) is 5.39. The van der Waals surface area contributed by atoms with Crippen LogP contribution in [-0.4, -0.2) is 77.8 Å². The molecule has 1 saturated heterocycles. The Hall–Kier alpha value is -2.89. The van der Waals surface area contributed by atoms with Gasteiger partial charge in [-0.25, -0.2) is 4.98 Å². The van der Waals surface area contributed by atoms with Crippen molar-refractivity contribution in [1.29, 1.82) is 0 Å². The van der Waals surface area contributed by atoms with Gasteiger partial charge >= 0.3 is 0 Å². The molecule has 0 saturated carbocycles. The summed E-state index contributed by atoms with van der Waals surface area (Å²) in [6.07, 6.45) is 3.10. The molecule has 4 rings (SSSR count). The van der Waals surface area contributed by atoms with Crippen LogP contribution in [0.25, 0.3) is 22.2 Å². The Morgan fingerprint density at radius 2 is 1.97 bits per heavy atom. The normalized spacial score (nSPS) is 16.6. The molecule has 2 atom stereocenters. The highest BCUT2D eigenvalue weighted by Gasteiger charge is 2.27. The number of aromatic nitrogens is 3. The molecule has 0 amide bonds. The second-order valence-corrected chi connectivity index (χ2v) is 9.20.